The van der Waals surface area contributed by atoms with Crippen LogP contribution >= 0.6 is 11.8 Å². The molecule has 0 aromatic carbocycles. The maximum absolute atomic E-state index is 12.2. The zero-order chi connectivity index (χ0) is 16.7. The number of aromatic nitrogens is 7. The number of nitrogens with zero attached hydrogens (tertiary/aromatic N) is 6. The van der Waals surface area contributed by atoms with E-state index in [-0.39, 0.29) is 0 Å². The highest BCUT2D eigenvalue weighted by Gasteiger charge is 2.19. The van der Waals surface area contributed by atoms with Gasteiger partial charge in [-0.05, 0) is 18.7 Å². The summed E-state index contributed by atoms with van der Waals surface area (Å²) >= 11 is 1.27. The molecule has 0 fully saturated rings. The second-order valence-corrected chi connectivity index (χ2v) is 6.19. The third kappa shape index (κ3) is 2.61. The van der Waals surface area contributed by atoms with Crippen LogP contribution in [0.3, 0.4) is 0 Å². The maximum Gasteiger partial charge on any atom is 0.329 e. The fourth-order valence-electron chi connectivity index (χ4n) is 2.16. The SMILES string of the molecule is C=C(C)Cn1c(Sc2nncn2C)nc2c1c(=O)[nH]c(=O)n2C. The Labute approximate surface area is 134 Å². The summed E-state index contributed by atoms with van der Waals surface area (Å²) in [6.45, 7) is 6.16. The van der Waals surface area contributed by atoms with E-state index in [4.69, 9.17) is 0 Å². The van der Waals surface area contributed by atoms with E-state index in [9.17, 15) is 9.59 Å². The Kier molecular flexibility index (Phi) is 3.68. The molecule has 23 heavy (non-hydrogen) atoms. The molecule has 0 unspecified atom stereocenters. The Morgan fingerprint density at radius 3 is 2.70 bits per heavy atom. The number of nitrogens with one attached hydrogen (secondary N) is 1. The minimum atomic E-state index is -0.502. The number of hydrogen-bond donors (Lipinski definition) is 1. The van der Waals surface area contributed by atoms with Gasteiger partial charge in [-0.3, -0.25) is 14.3 Å². The van der Waals surface area contributed by atoms with Gasteiger partial charge < -0.3 is 9.13 Å². The molecule has 0 saturated carbocycles. The van der Waals surface area contributed by atoms with Crippen molar-refractivity contribution in [2.45, 2.75) is 23.8 Å². The van der Waals surface area contributed by atoms with E-state index in [1.165, 1.54) is 16.3 Å². The van der Waals surface area contributed by atoms with Gasteiger partial charge >= 0.3 is 5.69 Å². The molecular formula is C13H15N7O2S. The molecule has 0 bridgehead atoms. The smallest absolute Gasteiger partial charge is 0.311 e. The number of fused-ring (bicyclic) bond motifs is 1. The molecule has 0 aliphatic heterocycles. The first-order chi connectivity index (χ1) is 10.9. The Morgan fingerprint density at radius 1 is 1.35 bits per heavy atom. The van der Waals surface area contributed by atoms with Crippen molar-refractivity contribution >= 4 is 22.9 Å². The second kappa shape index (κ2) is 5.54. The monoisotopic (exact) mass is 333 g/mol. The third-order valence-corrected chi connectivity index (χ3v) is 4.30. The van der Waals surface area contributed by atoms with E-state index in [2.05, 4.69) is 26.7 Å². The molecule has 3 aromatic heterocycles. The first-order valence-corrected chi connectivity index (χ1v) is 7.56. The Balaban J connectivity index is 2.28. The summed E-state index contributed by atoms with van der Waals surface area (Å²) in [7, 11) is 3.38. The number of imidazole rings is 1. The zero-order valence-corrected chi connectivity index (χ0v) is 13.7. The molecule has 3 aromatic rings. The lowest BCUT2D eigenvalue weighted by atomic mass is 10.3. The summed E-state index contributed by atoms with van der Waals surface area (Å²) in [4.78, 5) is 30.8. The minimum absolute atomic E-state index is 0.324. The van der Waals surface area contributed by atoms with Crippen LogP contribution in [0.15, 0.2) is 38.4 Å². The number of allylic oxidation sites excluding steroid dienone is 1. The average molecular weight is 333 g/mol. The van der Waals surface area contributed by atoms with E-state index in [1.807, 2.05) is 14.0 Å². The van der Waals surface area contributed by atoms with Gasteiger partial charge in [0.1, 0.15) is 6.33 Å². The number of aryl methyl sites for hydroxylation is 2. The van der Waals surface area contributed by atoms with Crippen LogP contribution in [-0.4, -0.2) is 33.9 Å². The van der Waals surface area contributed by atoms with Gasteiger partial charge in [0.25, 0.3) is 5.56 Å². The first kappa shape index (κ1) is 15.3. The quantitative estimate of drug-likeness (QED) is 0.688. The lowest BCUT2D eigenvalue weighted by Crippen LogP contribution is -2.29. The predicted octanol–water partition coefficient (Wildman–Crippen LogP) is 0.279. The molecule has 120 valence electrons. The van der Waals surface area contributed by atoms with E-state index < -0.39 is 11.2 Å². The molecule has 0 spiro atoms. The van der Waals surface area contributed by atoms with Crippen LogP contribution in [0.2, 0.25) is 0 Å². The molecule has 9 nitrogen and oxygen atoms in total. The van der Waals surface area contributed by atoms with Crippen LogP contribution in [0, 0.1) is 0 Å². The highest BCUT2D eigenvalue weighted by atomic mass is 32.2. The van der Waals surface area contributed by atoms with Crippen LogP contribution in [0.25, 0.3) is 11.2 Å². The number of H-pyrrole nitrogens is 1. The topological polar surface area (TPSA) is 103 Å². The fourth-order valence-corrected chi connectivity index (χ4v) is 3.00. The molecule has 1 N–H and O–H groups in total. The molecule has 0 atom stereocenters. The molecule has 10 heteroatoms. The van der Waals surface area contributed by atoms with Gasteiger partial charge in [0, 0.05) is 20.6 Å². The molecule has 0 radical (unpaired) electrons. The van der Waals surface area contributed by atoms with Gasteiger partial charge in [-0.15, -0.1) is 10.2 Å². The van der Waals surface area contributed by atoms with Gasteiger partial charge in [0.2, 0.25) is 0 Å². The van der Waals surface area contributed by atoms with Gasteiger partial charge in [0.05, 0.1) is 0 Å². The Bertz CT molecular complexity index is 1020. The van der Waals surface area contributed by atoms with Crippen molar-refractivity contribution in [3.05, 3.63) is 39.3 Å². The third-order valence-electron chi connectivity index (χ3n) is 3.25. The average Bonchev–Trinajstić information content (AvgIpc) is 3.02. The summed E-state index contributed by atoms with van der Waals surface area (Å²) in [6, 6.07) is 0. The van der Waals surface area contributed by atoms with Crippen LogP contribution < -0.4 is 11.2 Å². The molecule has 0 aliphatic rings. The van der Waals surface area contributed by atoms with Crippen molar-refractivity contribution in [3.63, 3.8) is 0 Å². The van der Waals surface area contributed by atoms with E-state index in [0.717, 1.165) is 5.57 Å². The van der Waals surface area contributed by atoms with Crippen molar-refractivity contribution in [1.29, 1.82) is 0 Å². The summed E-state index contributed by atoms with van der Waals surface area (Å²) in [5.74, 6) is 0. The maximum atomic E-state index is 12.2. The van der Waals surface area contributed by atoms with Crippen LogP contribution in [0.5, 0.6) is 0 Å². The molecule has 3 heterocycles. The van der Waals surface area contributed by atoms with Crippen molar-refractivity contribution in [3.8, 4) is 0 Å². The fraction of sp³-hybridized carbons (Fsp3) is 0.308. The molecule has 0 aliphatic carbocycles. The summed E-state index contributed by atoms with van der Waals surface area (Å²) in [5.41, 5.74) is 0.543. The Hall–Kier alpha value is -2.62. The molecular weight excluding hydrogens is 318 g/mol. The molecule has 0 amide bonds. The van der Waals surface area contributed by atoms with Crippen molar-refractivity contribution in [2.75, 3.05) is 0 Å². The number of aromatic amines is 1. The lowest BCUT2D eigenvalue weighted by Gasteiger charge is -2.07. The highest BCUT2D eigenvalue weighted by molar-refractivity contribution is 7.99. The molecule has 0 saturated heterocycles. The van der Waals surface area contributed by atoms with Crippen LogP contribution in [0.1, 0.15) is 6.92 Å². The van der Waals surface area contributed by atoms with Crippen LogP contribution in [0.4, 0.5) is 0 Å². The van der Waals surface area contributed by atoms with Crippen molar-refractivity contribution < 1.29 is 0 Å². The van der Waals surface area contributed by atoms with Crippen LogP contribution in [-0.2, 0) is 20.6 Å². The van der Waals surface area contributed by atoms with Crippen molar-refractivity contribution in [1.82, 2.24) is 33.9 Å². The zero-order valence-electron chi connectivity index (χ0n) is 12.9. The van der Waals surface area contributed by atoms with Gasteiger partial charge in [-0.25, -0.2) is 9.78 Å². The summed E-state index contributed by atoms with van der Waals surface area (Å²) in [6.07, 6.45) is 1.58. The largest absolute Gasteiger partial charge is 0.329 e. The second-order valence-electron chi connectivity index (χ2n) is 5.25. The van der Waals surface area contributed by atoms with Crippen molar-refractivity contribution in [2.24, 2.45) is 14.1 Å². The number of hydrogen-bond acceptors (Lipinski definition) is 6. The standard InChI is InChI=1S/C13H15N7O2S/c1-7(2)5-20-8-9(19(4)11(22)16-10(8)21)15-12(20)23-13-17-14-6-18(13)3/h6H,1,5H2,2-4H3,(H,16,21,22). The highest BCUT2D eigenvalue weighted by Crippen LogP contribution is 2.27. The minimum Gasteiger partial charge on any atom is -0.311 e. The summed E-state index contributed by atoms with van der Waals surface area (Å²) < 4.78 is 4.79. The van der Waals surface area contributed by atoms with E-state index >= 15 is 0 Å². The normalized spacial score (nSPS) is 11.3. The van der Waals surface area contributed by atoms with E-state index in [1.54, 1.807) is 22.5 Å². The molecule has 3 rings (SSSR count). The first-order valence-electron chi connectivity index (χ1n) is 6.74. The summed E-state index contributed by atoms with van der Waals surface area (Å²) in [5, 5.41) is 9.01. The van der Waals surface area contributed by atoms with Gasteiger partial charge in [-0.1, -0.05) is 12.2 Å². The Morgan fingerprint density at radius 2 is 2.09 bits per heavy atom. The van der Waals surface area contributed by atoms with Gasteiger partial charge in [0.15, 0.2) is 21.5 Å². The number of rotatable bonds is 4. The van der Waals surface area contributed by atoms with E-state index in [0.29, 0.717) is 28.0 Å². The lowest BCUT2D eigenvalue weighted by molar-refractivity contribution is 0.711. The predicted molar refractivity (Wildman–Crippen MR) is 85.5 cm³/mol. The van der Waals surface area contributed by atoms with Gasteiger partial charge in [-0.2, -0.15) is 0 Å².